The van der Waals surface area contributed by atoms with Crippen LogP contribution in [0.3, 0.4) is 0 Å². The summed E-state index contributed by atoms with van der Waals surface area (Å²) in [6.07, 6.45) is 3.24. The highest BCUT2D eigenvalue weighted by Gasteiger charge is 2.22. The van der Waals surface area contributed by atoms with Crippen LogP contribution < -0.4 is 5.32 Å². The molecule has 0 fully saturated rings. The molecule has 0 saturated heterocycles. The van der Waals surface area contributed by atoms with E-state index in [1.807, 2.05) is 35.0 Å². The highest BCUT2D eigenvalue weighted by Crippen LogP contribution is 2.35. The van der Waals surface area contributed by atoms with Crippen molar-refractivity contribution in [3.8, 4) is 0 Å². The monoisotopic (exact) mass is 346 g/mol. The van der Waals surface area contributed by atoms with Crippen LogP contribution in [0.4, 0.5) is 5.69 Å². The molecule has 0 amide bonds. The first-order valence-electron chi connectivity index (χ1n) is 7.26. The molecule has 1 N–H and O–H groups in total. The molecule has 2 atom stereocenters. The van der Waals surface area contributed by atoms with Gasteiger partial charge in [0.2, 0.25) is 0 Å². The number of nitrogens with zero attached hydrogens (tertiary/aromatic N) is 3. The van der Waals surface area contributed by atoms with Gasteiger partial charge in [-0.1, -0.05) is 59.6 Å². The van der Waals surface area contributed by atoms with Gasteiger partial charge in [-0.15, -0.1) is 0 Å². The Labute approximate surface area is 145 Å². The Morgan fingerprint density at radius 3 is 2.52 bits per heavy atom. The van der Waals surface area contributed by atoms with Crippen LogP contribution in [0.2, 0.25) is 10.0 Å². The predicted octanol–water partition coefficient (Wildman–Crippen LogP) is 5.00. The summed E-state index contributed by atoms with van der Waals surface area (Å²) >= 11 is 12.4. The Morgan fingerprint density at radius 1 is 1.04 bits per heavy atom. The standard InChI is InChI=1S/C17H16Cl2N4/c1-12(23-11-20-10-21-23)17(13-6-3-2-4-7-13)22-15-9-5-8-14(18)16(15)19/h2-12,17,22H,1H3. The van der Waals surface area contributed by atoms with Crippen molar-refractivity contribution in [3.63, 3.8) is 0 Å². The Hall–Kier alpha value is -2.04. The van der Waals surface area contributed by atoms with Gasteiger partial charge < -0.3 is 5.32 Å². The molecule has 1 heterocycles. The minimum absolute atomic E-state index is 0.0335. The second-order valence-corrected chi connectivity index (χ2v) is 6.04. The zero-order chi connectivity index (χ0) is 16.2. The van der Waals surface area contributed by atoms with Gasteiger partial charge in [-0.25, -0.2) is 9.67 Å². The maximum absolute atomic E-state index is 6.33. The molecule has 0 bridgehead atoms. The number of anilines is 1. The molecule has 2 unspecified atom stereocenters. The smallest absolute Gasteiger partial charge is 0.137 e. The van der Waals surface area contributed by atoms with E-state index in [1.54, 1.807) is 12.4 Å². The van der Waals surface area contributed by atoms with E-state index in [0.29, 0.717) is 10.0 Å². The van der Waals surface area contributed by atoms with Crippen LogP contribution in [0, 0.1) is 0 Å². The Kier molecular flexibility index (Phi) is 4.84. The molecule has 0 spiro atoms. The Balaban J connectivity index is 1.97. The van der Waals surface area contributed by atoms with Gasteiger partial charge >= 0.3 is 0 Å². The summed E-state index contributed by atoms with van der Waals surface area (Å²) < 4.78 is 1.82. The first-order valence-corrected chi connectivity index (χ1v) is 8.02. The van der Waals surface area contributed by atoms with Gasteiger partial charge in [0.05, 0.1) is 27.8 Å². The van der Waals surface area contributed by atoms with Gasteiger partial charge in [0.25, 0.3) is 0 Å². The van der Waals surface area contributed by atoms with Crippen LogP contribution >= 0.6 is 23.2 Å². The molecule has 23 heavy (non-hydrogen) atoms. The van der Waals surface area contributed by atoms with Crippen LogP contribution in [0.15, 0.2) is 61.2 Å². The molecule has 3 rings (SSSR count). The summed E-state index contributed by atoms with van der Waals surface area (Å²) in [6.45, 7) is 2.08. The fourth-order valence-corrected chi connectivity index (χ4v) is 2.86. The van der Waals surface area contributed by atoms with E-state index in [2.05, 4.69) is 34.5 Å². The third kappa shape index (κ3) is 3.49. The number of aromatic nitrogens is 3. The summed E-state index contributed by atoms with van der Waals surface area (Å²) in [5.74, 6) is 0. The normalized spacial score (nSPS) is 13.5. The summed E-state index contributed by atoms with van der Waals surface area (Å²) in [6, 6.07) is 15.7. The molecule has 4 nitrogen and oxygen atoms in total. The highest BCUT2D eigenvalue weighted by atomic mass is 35.5. The number of rotatable bonds is 5. The van der Waals surface area contributed by atoms with Gasteiger partial charge in [-0.3, -0.25) is 0 Å². The lowest BCUT2D eigenvalue weighted by atomic mass is 10.00. The molecular formula is C17H16Cl2N4. The van der Waals surface area contributed by atoms with Crippen molar-refractivity contribution in [2.24, 2.45) is 0 Å². The number of benzene rings is 2. The van der Waals surface area contributed by atoms with E-state index < -0.39 is 0 Å². The maximum atomic E-state index is 6.33. The van der Waals surface area contributed by atoms with Crippen molar-refractivity contribution in [3.05, 3.63) is 76.8 Å². The van der Waals surface area contributed by atoms with Gasteiger partial charge in [-0.2, -0.15) is 5.10 Å². The number of halogens is 2. The van der Waals surface area contributed by atoms with Crippen molar-refractivity contribution in [2.75, 3.05) is 5.32 Å². The molecule has 0 aliphatic carbocycles. The van der Waals surface area contributed by atoms with Crippen LogP contribution in [0.5, 0.6) is 0 Å². The molecule has 0 aliphatic heterocycles. The largest absolute Gasteiger partial charge is 0.375 e. The van der Waals surface area contributed by atoms with E-state index in [9.17, 15) is 0 Å². The number of hydrogen-bond acceptors (Lipinski definition) is 3. The minimum atomic E-state index is -0.0335. The molecule has 1 aromatic heterocycles. The number of hydrogen-bond donors (Lipinski definition) is 1. The highest BCUT2D eigenvalue weighted by molar-refractivity contribution is 6.43. The number of nitrogens with one attached hydrogen (secondary N) is 1. The molecule has 118 valence electrons. The van der Waals surface area contributed by atoms with Crippen molar-refractivity contribution in [1.82, 2.24) is 14.8 Å². The van der Waals surface area contributed by atoms with E-state index in [-0.39, 0.29) is 12.1 Å². The molecule has 0 radical (unpaired) electrons. The van der Waals surface area contributed by atoms with Gasteiger partial charge in [0, 0.05) is 0 Å². The van der Waals surface area contributed by atoms with Crippen molar-refractivity contribution in [2.45, 2.75) is 19.0 Å². The quantitative estimate of drug-likeness (QED) is 0.706. The fraction of sp³-hybridized carbons (Fsp3) is 0.176. The van der Waals surface area contributed by atoms with E-state index in [1.165, 1.54) is 6.33 Å². The minimum Gasteiger partial charge on any atom is -0.375 e. The van der Waals surface area contributed by atoms with Crippen molar-refractivity contribution in [1.29, 1.82) is 0 Å². The molecule has 0 aliphatic rings. The summed E-state index contributed by atoms with van der Waals surface area (Å²) in [7, 11) is 0. The average Bonchev–Trinajstić information content (AvgIpc) is 3.11. The Bertz CT molecular complexity index is 760. The zero-order valence-corrected chi connectivity index (χ0v) is 14.0. The van der Waals surface area contributed by atoms with E-state index in [4.69, 9.17) is 23.2 Å². The SMILES string of the molecule is CC(C(Nc1cccc(Cl)c1Cl)c1ccccc1)n1cncn1. The lowest BCUT2D eigenvalue weighted by molar-refractivity contribution is 0.433. The zero-order valence-electron chi connectivity index (χ0n) is 12.5. The van der Waals surface area contributed by atoms with E-state index >= 15 is 0 Å². The fourth-order valence-electron chi connectivity index (χ4n) is 2.51. The third-order valence-corrected chi connectivity index (χ3v) is 4.58. The Morgan fingerprint density at radius 2 is 1.83 bits per heavy atom. The molecule has 6 heteroatoms. The van der Waals surface area contributed by atoms with Crippen molar-refractivity contribution >= 4 is 28.9 Å². The van der Waals surface area contributed by atoms with Crippen LogP contribution in [-0.2, 0) is 0 Å². The van der Waals surface area contributed by atoms with Crippen LogP contribution in [0.25, 0.3) is 0 Å². The second-order valence-electron chi connectivity index (χ2n) is 5.25. The van der Waals surface area contributed by atoms with Gasteiger partial charge in [0.15, 0.2) is 0 Å². The molecule has 2 aromatic carbocycles. The first-order chi connectivity index (χ1) is 11.2. The topological polar surface area (TPSA) is 42.7 Å². The molecule has 3 aromatic rings. The summed E-state index contributed by atoms with van der Waals surface area (Å²) in [5.41, 5.74) is 1.92. The lowest BCUT2D eigenvalue weighted by Crippen LogP contribution is -2.22. The molecular weight excluding hydrogens is 331 g/mol. The lowest BCUT2D eigenvalue weighted by Gasteiger charge is -2.27. The molecule has 0 saturated carbocycles. The first kappa shape index (κ1) is 15.8. The van der Waals surface area contributed by atoms with Gasteiger partial charge in [-0.05, 0) is 24.6 Å². The summed E-state index contributed by atoms with van der Waals surface area (Å²) in [5, 5.41) is 8.78. The van der Waals surface area contributed by atoms with Crippen LogP contribution in [0.1, 0.15) is 24.6 Å². The van der Waals surface area contributed by atoms with E-state index in [0.717, 1.165) is 11.3 Å². The second kappa shape index (κ2) is 7.02. The maximum Gasteiger partial charge on any atom is 0.137 e. The predicted molar refractivity (Wildman–Crippen MR) is 94.0 cm³/mol. The average molecular weight is 347 g/mol. The van der Waals surface area contributed by atoms with Crippen LogP contribution in [-0.4, -0.2) is 14.8 Å². The van der Waals surface area contributed by atoms with Gasteiger partial charge in [0.1, 0.15) is 12.7 Å². The third-order valence-electron chi connectivity index (χ3n) is 3.76. The van der Waals surface area contributed by atoms with Crippen molar-refractivity contribution < 1.29 is 0 Å². The summed E-state index contributed by atoms with van der Waals surface area (Å²) in [4.78, 5) is 4.03.